The molecule has 2 aromatic rings. The van der Waals surface area contributed by atoms with Gasteiger partial charge in [-0.2, -0.15) is 0 Å². The number of thiophene rings is 1. The lowest BCUT2D eigenvalue weighted by Gasteiger charge is -2.30. The molecule has 0 unspecified atom stereocenters. The number of Topliss-reactive ketones (excluding diaryl/α,β-unsaturated/α-hetero) is 1. The number of carbonyl (C=O) groups is 2. The lowest BCUT2D eigenvalue weighted by Crippen LogP contribution is -2.42. The fourth-order valence-electron chi connectivity index (χ4n) is 3.33. The summed E-state index contributed by atoms with van der Waals surface area (Å²) in [4.78, 5) is 28.1. The van der Waals surface area contributed by atoms with E-state index in [1.54, 1.807) is 11.3 Å². The van der Waals surface area contributed by atoms with Crippen molar-refractivity contribution in [3.63, 3.8) is 0 Å². The van der Waals surface area contributed by atoms with Crippen molar-refractivity contribution < 1.29 is 14.3 Å². The van der Waals surface area contributed by atoms with E-state index in [9.17, 15) is 9.59 Å². The van der Waals surface area contributed by atoms with Crippen LogP contribution in [0.3, 0.4) is 0 Å². The van der Waals surface area contributed by atoms with Crippen molar-refractivity contribution in [3.8, 4) is 5.75 Å². The van der Waals surface area contributed by atoms with E-state index in [1.807, 2.05) is 48.7 Å². The Hall–Kier alpha value is -2.18. The van der Waals surface area contributed by atoms with Gasteiger partial charge in [0.15, 0.2) is 5.78 Å². The maximum Gasteiger partial charge on any atom is 0.234 e. The van der Waals surface area contributed by atoms with Crippen molar-refractivity contribution in [2.75, 3.05) is 26.2 Å². The molecule has 6 heteroatoms. The molecule has 0 atom stereocenters. The molecule has 0 aliphatic carbocycles. The van der Waals surface area contributed by atoms with Crippen LogP contribution in [0.2, 0.25) is 0 Å². The summed E-state index contributed by atoms with van der Waals surface area (Å²) in [5, 5.41) is 4.97. The summed E-state index contributed by atoms with van der Waals surface area (Å²) in [7, 11) is 0. The molecule has 27 heavy (non-hydrogen) atoms. The molecular weight excluding hydrogens is 360 g/mol. The number of benzene rings is 1. The molecule has 0 spiro atoms. The van der Waals surface area contributed by atoms with Gasteiger partial charge in [-0.3, -0.25) is 14.5 Å². The zero-order chi connectivity index (χ0) is 19.1. The van der Waals surface area contributed by atoms with Gasteiger partial charge in [-0.25, -0.2) is 0 Å². The molecule has 1 aliphatic heterocycles. The third-order valence-corrected chi connectivity index (χ3v) is 5.69. The van der Waals surface area contributed by atoms with E-state index in [0.29, 0.717) is 19.7 Å². The summed E-state index contributed by atoms with van der Waals surface area (Å²) in [5.41, 5.74) is 0.741. The minimum absolute atomic E-state index is 0.0355. The van der Waals surface area contributed by atoms with Crippen molar-refractivity contribution in [2.45, 2.75) is 26.3 Å². The van der Waals surface area contributed by atoms with Crippen LogP contribution in [0.25, 0.3) is 0 Å². The molecule has 1 aromatic heterocycles. The van der Waals surface area contributed by atoms with E-state index < -0.39 is 0 Å². The third-order valence-electron chi connectivity index (χ3n) is 4.82. The van der Waals surface area contributed by atoms with E-state index in [2.05, 4.69) is 10.2 Å². The van der Waals surface area contributed by atoms with Gasteiger partial charge >= 0.3 is 0 Å². The van der Waals surface area contributed by atoms with Gasteiger partial charge < -0.3 is 10.1 Å². The van der Waals surface area contributed by atoms with E-state index in [0.717, 1.165) is 42.1 Å². The maximum atomic E-state index is 12.7. The number of rotatable bonds is 8. The Balaban J connectivity index is 1.42. The number of nitrogens with one attached hydrogen (secondary N) is 1. The second-order valence-corrected chi connectivity index (χ2v) is 7.76. The summed E-state index contributed by atoms with van der Waals surface area (Å²) in [6, 6.07) is 11.4. The number of hydrogen-bond donors (Lipinski definition) is 1. The number of hydrogen-bond acceptors (Lipinski definition) is 5. The zero-order valence-electron chi connectivity index (χ0n) is 15.6. The number of carbonyl (C=O) groups excluding carboxylic acids is 2. The van der Waals surface area contributed by atoms with Crippen molar-refractivity contribution >= 4 is 23.0 Å². The van der Waals surface area contributed by atoms with Crippen molar-refractivity contribution in [1.82, 2.24) is 10.2 Å². The number of ether oxygens (including phenoxy) is 1. The Morgan fingerprint density at radius 3 is 2.56 bits per heavy atom. The van der Waals surface area contributed by atoms with Crippen LogP contribution < -0.4 is 10.1 Å². The molecule has 1 amide bonds. The zero-order valence-corrected chi connectivity index (χ0v) is 16.5. The predicted molar refractivity (Wildman–Crippen MR) is 107 cm³/mol. The topological polar surface area (TPSA) is 58.6 Å². The summed E-state index contributed by atoms with van der Waals surface area (Å²) < 4.78 is 5.43. The highest BCUT2D eigenvalue weighted by atomic mass is 32.1. The SMILES string of the molecule is CCOc1ccc(C(=O)C2CCN(CC(=O)NCc3cccs3)CC2)cc1. The van der Waals surface area contributed by atoms with E-state index in [1.165, 1.54) is 0 Å². The van der Waals surface area contributed by atoms with Crippen LogP contribution in [0.4, 0.5) is 0 Å². The Kier molecular flexibility index (Phi) is 7.01. The third kappa shape index (κ3) is 5.65. The Labute approximate surface area is 164 Å². The normalized spacial score (nSPS) is 15.4. The van der Waals surface area contributed by atoms with E-state index in [-0.39, 0.29) is 17.6 Å². The number of nitrogens with zero attached hydrogens (tertiary/aromatic N) is 1. The first-order valence-corrected chi connectivity index (χ1v) is 10.3. The summed E-state index contributed by atoms with van der Waals surface area (Å²) >= 11 is 1.64. The van der Waals surface area contributed by atoms with E-state index in [4.69, 9.17) is 4.74 Å². The average molecular weight is 387 g/mol. The highest BCUT2D eigenvalue weighted by Crippen LogP contribution is 2.23. The van der Waals surface area contributed by atoms with Gasteiger partial charge in [0.2, 0.25) is 5.91 Å². The monoisotopic (exact) mass is 386 g/mol. The number of amides is 1. The van der Waals surface area contributed by atoms with Crippen molar-refractivity contribution in [1.29, 1.82) is 0 Å². The first kappa shape index (κ1) is 19.6. The average Bonchev–Trinajstić information content (AvgIpc) is 3.21. The summed E-state index contributed by atoms with van der Waals surface area (Å²) in [5.74, 6) is 1.06. The summed E-state index contributed by atoms with van der Waals surface area (Å²) in [6.07, 6.45) is 1.59. The van der Waals surface area contributed by atoms with Gasteiger partial charge in [0, 0.05) is 16.4 Å². The van der Waals surface area contributed by atoms with Gasteiger partial charge in [0.05, 0.1) is 19.7 Å². The molecule has 1 N–H and O–H groups in total. The van der Waals surface area contributed by atoms with Crippen LogP contribution in [0, 0.1) is 5.92 Å². The molecule has 1 saturated heterocycles. The fraction of sp³-hybridized carbons (Fsp3) is 0.429. The molecule has 1 fully saturated rings. The van der Waals surface area contributed by atoms with Crippen LogP contribution in [0.15, 0.2) is 41.8 Å². The van der Waals surface area contributed by atoms with Gasteiger partial charge in [0.1, 0.15) is 5.75 Å². The van der Waals surface area contributed by atoms with Crippen molar-refractivity contribution in [2.24, 2.45) is 5.92 Å². The lowest BCUT2D eigenvalue weighted by atomic mass is 9.89. The number of piperidine rings is 1. The molecule has 3 rings (SSSR count). The van der Waals surface area contributed by atoms with Gasteiger partial charge in [-0.1, -0.05) is 6.07 Å². The predicted octanol–water partition coefficient (Wildman–Crippen LogP) is 3.36. The number of ketones is 1. The highest BCUT2D eigenvalue weighted by Gasteiger charge is 2.26. The Bertz CT molecular complexity index is 735. The molecule has 144 valence electrons. The van der Waals surface area contributed by atoms with E-state index >= 15 is 0 Å². The standard InChI is InChI=1S/C21H26N2O3S/c1-2-26-18-7-5-16(6-8-18)21(25)17-9-11-23(12-10-17)15-20(24)22-14-19-4-3-13-27-19/h3-8,13,17H,2,9-12,14-15H2,1H3,(H,22,24). The molecule has 2 heterocycles. The van der Waals surface area contributed by atoms with Crippen LogP contribution in [0.5, 0.6) is 5.75 Å². The molecule has 0 bridgehead atoms. The van der Waals surface area contributed by atoms with Crippen LogP contribution in [-0.4, -0.2) is 42.8 Å². The molecule has 1 aliphatic rings. The molecule has 0 radical (unpaired) electrons. The van der Waals surface area contributed by atoms with Crippen LogP contribution >= 0.6 is 11.3 Å². The minimum Gasteiger partial charge on any atom is -0.494 e. The molecule has 0 saturated carbocycles. The smallest absolute Gasteiger partial charge is 0.234 e. The Morgan fingerprint density at radius 1 is 1.19 bits per heavy atom. The van der Waals surface area contributed by atoms with Crippen LogP contribution in [0.1, 0.15) is 35.0 Å². The molecule has 5 nitrogen and oxygen atoms in total. The minimum atomic E-state index is 0.0355. The lowest BCUT2D eigenvalue weighted by molar-refractivity contribution is -0.122. The highest BCUT2D eigenvalue weighted by molar-refractivity contribution is 7.09. The molecule has 1 aromatic carbocycles. The van der Waals surface area contributed by atoms with Gasteiger partial charge in [-0.15, -0.1) is 11.3 Å². The quantitative estimate of drug-likeness (QED) is 0.707. The Morgan fingerprint density at radius 2 is 1.93 bits per heavy atom. The first-order valence-electron chi connectivity index (χ1n) is 9.44. The fourth-order valence-corrected chi connectivity index (χ4v) is 3.97. The summed E-state index contributed by atoms with van der Waals surface area (Å²) in [6.45, 7) is 5.10. The first-order chi connectivity index (χ1) is 13.2. The largest absolute Gasteiger partial charge is 0.494 e. The number of likely N-dealkylation sites (tertiary alicyclic amines) is 1. The maximum absolute atomic E-state index is 12.7. The van der Waals surface area contributed by atoms with Crippen LogP contribution in [-0.2, 0) is 11.3 Å². The molecular formula is C21H26N2O3S. The van der Waals surface area contributed by atoms with Gasteiger partial charge in [-0.05, 0) is 68.6 Å². The van der Waals surface area contributed by atoms with Crippen molar-refractivity contribution in [3.05, 3.63) is 52.2 Å². The van der Waals surface area contributed by atoms with Gasteiger partial charge in [0.25, 0.3) is 0 Å². The second kappa shape index (κ2) is 9.67. The second-order valence-electron chi connectivity index (χ2n) is 6.73.